The van der Waals surface area contributed by atoms with Crippen molar-refractivity contribution in [3.63, 3.8) is 0 Å². The Morgan fingerprint density at radius 2 is 1.61 bits per heavy atom. The van der Waals surface area contributed by atoms with Gasteiger partial charge in [0.15, 0.2) is 0 Å². The van der Waals surface area contributed by atoms with Gasteiger partial charge in [-0.15, -0.1) is 4.55 Å². The maximum atomic E-state index is 3.62. The molecule has 0 heterocycles. The van der Waals surface area contributed by atoms with Crippen LogP contribution >= 0.6 is 12.9 Å². The molecule has 2 aromatic rings. The van der Waals surface area contributed by atoms with Crippen LogP contribution in [0.5, 0.6) is 0 Å². The van der Waals surface area contributed by atoms with Gasteiger partial charge in [0.05, 0.1) is 0 Å². The first-order valence-corrected chi connectivity index (χ1v) is 11.8. The Morgan fingerprint density at radius 3 is 2.44 bits per heavy atom. The molecule has 0 bridgehead atoms. The van der Waals surface area contributed by atoms with Crippen LogP contribution in [0.1, 0.15) is 31.2 Å². The summed E-state index contributed by atoms with van der Waals surface area (Å²) in [4.78, 5) is 0. The third kappa shape index (κ3) is 4.56. The van der Waals surface area contributed by atoms with Gasteiger partial charge in [0, 0.05) is 0 Å². The van der Waals surface area contributed by atoms with E-state index in [1.165, 1.54) is 53.0 Å². The van der Waals surface area contributed by atoms with E-state index >= 15 is 0 Å². The topological polar surface area (TPSA) is 0 Å². The minimum Gasteiger partial charge on any atom is -0.307 e. The quantitative estimate of drug-likeness (QED) is 0.475. The average molecular weight is 316 g/mol. The molecule has 0 radical (unpaired) electrons. The van der Waals surface area contributed by atoms with Crippen LogP contribution in [-0.2, 0) is 6.42 Å². The zero-order valence-corrected chi connectivity index (χ0v) is 13.9. The minimum atomic E-state index is 0.118. The Balaban J connectivity index is 1.81. The molecule has 0 saturated carbocycles. The van der Waals surface area contributed by atoms with Gasteiger partial charge >= 0.3 is 18.2 Å². The van der Waals surface area contributed by atoms with Gasteiger partial charge in [-0.25, -0.2) is 0 Å². The second-order valence-electron chi connectivity index (χ2n) is 4.89. The van der Waals surface area contributed by atoms with Crippen molar-refractivity contribution in [3.8, 4) is 0 Å². The Hall–Kier alpha value is -0.0538. The Bertz CT molecular complexity index is 481. The van der Waals surface area contributed by atoms with Crippen molar-refractivity contribution in [1.82, 2.24) is 0 Å². The normalized spacial score (nSPS) is 10.5. The first kappa shape index (κ1) is 14.4. The molecule has 18 heavy (non-hydrogen) atoms. The highest BCUT2D eigenvalue weighted by Crippen LogP contribution is 2.17. The molecule has 2 aromatic carbocycles. The van der Waals surface area contributed by atoms with E-state index in [2.05, 4.69) is 55.3 Å². The predicted octanol–water partition coefficient (Wildman–Crippen LogP) is 5.38. The van der Waals surface area contributed by atoms with E-state index in [-0.39, 0.29) is 18.2 Å². The molecule has 0 aliphatic carbocycles. The van der Waals surface area contributed by atoms with Crippen molar-refractivity contribution in [2.75, 3.05) is 0 Å². The number of hydrogen-bond acceptors (Lipinski definition) is 0. The fourth-order valence-corrected chi connectivity index (χ4v) is 4.08. The van der Waals surface area contributed by atoms with Gasteiger partial charge in [0.1, 0.15) is 0 Å². The molecule has 2 rings (SSSR count). The molecule has 2 heteroatoms. The molecule has 0 unspecified atom stereocenters. The van der Waals surface area contributed by atoms with Gasteiger partial charge in [-0.1, -0.05) is 61.7 Å². The van der Waals surface area contributed by atoms with Crippen LogP contribution in [0.2, 0.25) is 4.55 Å². The number of aryl methyl sites for hydroxylation is 1. The van der Waals surface area contributed by atoms with Crippen LogP contribution < -0.4 is 0 Å². The van der Waals surface area contributed by atoms with Crippen LogP contribution in [0.3, 0.4) is 0 Å². The summed E-state index contributed by atoms with van der Waals surface area (Å²) in [6.45, 7) is 0. The zero-order chi connectivity index (χ0) is 12.6. The Kier molecular flexibility index (Phi) is 6.53. The molecule has 0 saturated heterocycles. The van der Waals surface area contributed by atoms with E-state index in [4.69, 9.17) is 0 Å². The molecule has 0 N–H and O–H groups in total. The summed E-state index contributed by atoms with van der Waals surface area (Å²) < 4.78 is 1.45. The van der Waals surface area contributed by atoms with Crippen LogP contribution in [0.4, 0.5) is 0 Å². The number of fused-ring (bicyclic) bond motifs is 1. The third-order valence-corrected chi connectivity index (χ3v) is 5.86. The number of benzene rings is 2. The van der Waals surface area contributed by atoms with Crippen molar-refractivity contribution < 1.29 is 0 Å². The standard InChI is InChI=1S/C16H19.BrH.Mg/c1-2-3-4-5-8-14-11-12-15-9-6-7-10-16(15)13-14;;/h6-7,9-13H,1-5,8H2;1H;/q;;+1/p-1. The SMILES string of the molecule is [Br][Mg][CH2]CCCCCc1ccc2ccccc2c1. The summed E-state index contributed by atoms with van der Waals surface area (Å²) in [7, 11) is 0. The lowest BCUT2D eigenvalue weighted by Crippen LogP contribution is -1.87. The predicted molar refractivity (Wildman–Crippen MR) is 85.6 cm³/mol. The van der Waals surface area contributed by atoms with E-state index in [0.717, 1.165) is 0 Å². The number of rotatable bonds is 7. The van der Waals surface area contributed by atoms with Crippen LogP contribution in [0.15, 0.2) is 42.5 Å². The number of hydrogen-bond donors (Lipinski definition) is 0. The number of halogens is 1. The smallest absolute Gasteiger partial charge is 0.307 e. The molecule has 0 atom stereocenters. The van der Waals surface area contributed by atoms with Crippen LogP contribution in [-0.4, -0.2) is 18.2 Å². The molecule has 0 fully saturated rings. The second-order valence-corrected chi connectivity index (χ2v) is 8.35. The van der Waals surface area contributed by atoms with Gasteiger partial charge in [-0.2, -0.15) is 0 Å². The number of unbranched alkanes of at least 4 members (excludes halogenated alkanes) is 3. The summed E-state index contributed by atoms with van der Waals surface area (Å²) >= 11 is 3.74. The van der Waals surface area contributed by atoms with Crippen LogP contribution in [0.25, 0.3) is 10.8 Å². The first-order valence-electron chi connectivity index (χ1n) is 6.94. The highest BCUT2D eigenvalue weighted by atomic mass is 79.9. The summed E-state index contributed by atoms with van der Waals surface area (Å²) in [5.74, 6) is 0. The lowest BCUT2D eigenvalue weighted by molar-refractivity contribution is 0.666. The molecule has 92 valence electrons. The summed E-state index contributed by atoms with van der Waals surface area (Å²) in [5, 5.41) is 2.73. The molecule has 0 aliphatic rings. The Labute approximate surface area is 126 Å². The highest BCUT2D eigenvalue weighted by Gasteiger charge is 1.97. The fourth-order valence-electron chi connectivity index (χ4n) is 2.35. The zero-order valence-electron chi connectivity index (χ0n) is 10.9. The van der Waals surface area contributed by atoms with E-state index in [1.807, 2.05) is 0 Å². The van der Waals surface area contributed by atoms with Crippen molar-refractivity contribution in [1.29, 1.82) is 0 Å². The molecule has 0 spiro atoms. The average Bonchev–Trinajstić information content (AvgIpc) is 2.42. The highest BCUT2D eigenvalue weighted by molar-refractivity contribution is 9.23. The lowest BCUT2D eigenvalue weighted by Gasteiger charge is -2.04. The molecule has 0 aromatic heterocycles. The van der Waals surface area contributed by atoms with E-state index in [9.17, 15) is 0 Å². The summed E-state index contributed by atoms with van der Waals surface area (Å²) in [6, 6.07) is 15.5. The largest absolute Gasteiger partial charge is 0.468 e. The van der Waals surface area contributed by atoms with Crippen molar-refractivity contribution >= 4 is 41.8 Å². The second kappa shape index (κ2) is 8.18. The lowest BCUT2D eigenvalue weighted by atomic mass is 10.0. The van der Waals surface area contributed by atoms with Gasteiger partial charge in [-0.3, -0.25) is 0 Å². The molecule has 0 aliphatic heterocycles. The summed E-state index contributed by atoms with van der Waals surface area (Å²) in [5.41, 5.74) is 1.49. The van der Waals surface area contributed by atoms with Crippen molar-refractivity contribution in [2.45, 2.75) is 36.7 Å². The van der Waals surface area contributed by atoms with Gasteiger partial charge in [0.25, 0.3) is 0 Å². The summed E-state index contributed by atoms with van der Waals surface area (Å²) in [6.07, 6.45) is 6.79. The monoisotopic (exact) mass is 314 g/mol. The van der Waals surface area contributed by atoms with E-state index in [1.54, 1.807) is 0 Å². The van der Waals surface area contributed by atoms with E-state index in [0.29, 0.717) is 0 Å². The maximum Gasteiger partial charge on any atom is 0.468 e. The molecular formula is C16H19BrMg. The maximum absolute atomic E-state index is 3.62. The van der Waals surface area contributed by atoms with E-state index < -0.39 is 0 Å². The molecule has 0 nitrogen and oxygen atoms in total. The molecule has 0 amide bonds. The van der Waals surface area contributed by atoms with Crippen LogP contribution in [0, 0.1) is 0 Å². The third-order valence-electron chi connectivity index (χ3n) is 3.41. The fraction of sp³-hybridized carbons (Fsp3) is 0.375. The first-order chi connectivity index (χ1) is 8.90. The van der Waals surface area contributed by atoms with Gasteiger partial charge in [-0.05, 0) is 29.2 Å². The minimum absolute atomic E-state index is 0.118. The van der Waals surface area contributed by atoms with Gasteiger partial charge in [0.2, 0.25) is 0 Å². The van der Waals surface area contributed by atoms with Crippen molar-refractivity contribution in [3.05, 3.63) is 48.0 Å². The Morgan fingerprint density at radius 1 is 0.833 bits per heavy atom. The molecular weight excluding hydrogens is 296 g/mol. The van der Waals surface area contributed by atoms with Gasteiger partial charge < -0.3 is 12.9 Å². The van der Waals surface area contributed by atoms with Crippen molar-refractivity contribution in [2.24, 2.45) is 0 Å².